The van der Waals surface area contributed by atoms with Gasteiger partial charge < -0.3 is 9.47 Å². The largest absolute Gasteiger partial charge is 0.493 e. The van der Waals surface area contributed by atoms with Crippen LogP contribution < -0.4 is 14.9 Å². The van der Waals surface area contributed by atoms with Crippen LogP contribution >= 0.6 is 51.5 Å². The van der Waals surface area contributed by atoms with Crippen LogP contribution in [0.4, 0.5) is 0 Å². The molecule has 1 aliphatic rings. The van der Waals surface area contributed by atoms with Gasteiger partial charge in [-0.05, 0) is 78.0 Å². The van der Waals surface area contributed by atoms with Crippen molar-refractivity contribution in [3.63, 3.8) is 0 Å². The molecule has 0 saturated carbocycles. The van der Waals surface area contributed by atoms with Crippen LogP contribution in [-0.2, 0) is 11.4 Å². The number of nitrogens with one attached hydrogen (secondary N) is 1. The molecule has 1 N–H and O–H groups in total. The fourth-order valence-corrected chi connectivity index (χ4v) is 4.92. The highest BCUT2D eigenvalue weighted by Crippen LogP contribution is 2.34. The van der Waals surface area contributed by atoms with Crippen molar-refractivity contribution in [2.45, 2.75) is 6.61 Å². The Morgan fingerprint density at radius 2 is 1.91 bits per heavy atom. The summed E-state index contributed by atoms with van der Waals surface area (Å²) in [5.74, 6) is 0.219. The van der Waals surface area contributed by atoms with E-state index in [9.17, 15) is 9.59 Å². The molecule has 2 amide bonds. The number of benzene rings is 3. The molecule has 1 heterocycles. The van der Waals surface area contributed by atoms with Gasteiger partial charge in [-0.25, -0.2) is 0 Å². The number of nitrogens with zero attached hydrogens (tertiary/aromatic N) is 1. The Morgan fingerprint density at radius 1 is 1.14 bits per heavy atom. The summed E-state index contributed by atoms with van der Waals surface area (Å²) in [5, 5.41) is 1.57. The summed E-state index contributed by atoms with van der Waals surface area (Å²) in [5.41, 5.74) is 4.64. The van der Waals surface area contributed by atoms with Crippen molar-refractivity contribution in [3.05, 3.63) is 97.8 Å². The fourth-order valence-electron chi connectivity index (χ4n) is 3.16. The number of thiocarbonyl (C=S) groups is 1. The Balaban J connectivity index is 1.46. The van der Waals surface area contributed by atoms with Gasteiger partial charge in [0, 0.05) is 15.1 Å². The molecule has 10 heteroatoms. The van der Waals surface area contributed by atoms with Gasteiger partial charge in [-0.2, -0.15) is 5.01 Å². The SMILES string of the molecule is COc1cc(/C=C2/SC(=S)N(NC(=O)c3ccc(Cl)cc3)C2=O)ccc1OCc1cccc(Br)c1. The Labute approximate surface area is 225 Å². The monoisotopic (exact) mass is 588 g/mol. The molecule has 0 atom stereocenters. The molecule has 0 aliphatic carbocycles. The third kappa shape index (κ3) is 6.24. The number of hydrogen-bond acceptors (Lipinski definition) is 6. The van der Waals surface area contributed by atoms with Crippen molar-refractivity contribution < 1.29 is 19.1 Å². The van der Waals surface area contributed by atoms with Crippen molar-refractivity contribution in [2.75, 3.05) is 7.11 Å². The highest BCUT2D eigenvalue weighted by atomic mass is 79.9. The van der Waals surface area contributed by atoms with Gasteiger partial charge in [0.05, 0.1) is 12.0 Å². The standard InChI is InChI=1S/C25H18BrClN2O4S2/c1-32-21-12-15(5-10-20(21)33-14-16-3-2-4-18(26)11-16)13-22-24(31)29(25(34)35-22)28-23(30)17-6-8-19(27)9-7-17/h2-13H,14H2,1H3,(H,28,30)/b22-13+. The van der Waals surface area contributed by atoms with Gasteiger partial charge in [0.2, 0.25) is 0 Å². The molecule has 0 unspecified atom stereocenters. The van der Waals surface area contributed by atoms with Crippen molar-refractivity contribution in [3.8, 4) is 11.5 Å². The van der Waals surface area contributed by atoms with Crippen molar-refractivity contribution in [1.29, 1.82) is 0 Å². The first-order valence-electron chi connectivity index (χ1n) is 10.2. The third-order valence-corrected chi connectivity index (χ3v) is 6.93. The molecule has 3 aromatic carbocycles. The van der Waals surface area contributed by atoms with E-state index in [4.69, 9.17) is 33.3 Å². The maximum atomic E-state index is 12.9. The summed E-state index contributed by atoms with van der Waals surface area (Å²) in [7, 11) is 1.55. The average Bonchev–Trinajstić information content (AvgIpc) is 3.10. The molecule has 3 aromatic rings. The molecule has 1 saturated heterocycles. The number of halogens is 2. The first-order valence-corrected chi connectivity index (χ1v) is 12.6. The lowest BCUT2D eigenvalue weighted by molar-refractivity contribution is -0.123. The average molecular weight is 590 g/mol. The number of rotatable bonds is 7. The van der Waals surface area contributed by atoms with Crippen LogP contribution in [0.15, 0.2) is 76.1 Å². The smallest absolute Gasteiger partial charge is 0.285 e. The number of thioether (sulfide) groups is 1. The topological polar surface area (TPSA) is 67.9 Å². The van der Waals surface area contributed by atoms with E-state index in [0.717, 1.165) is 32.4 Å². The molecule has 0 bridgehead atoms. The first-order chi connectivity index (χ1) is 16.8. The number of amides is 2. The van der Waals surface area contributed by atoms with E-state index in [-0.39, 0.29) is 4.32 Å². The zero-order chi connectivity index (χ0) is 24.9. The first kappa shape index (κ1) is 25.2. The van der Waals surface area contributed by atoms with E-state index in [1.165, 1.54) is 0 Å². The number of methoxy groups -OCH3 is 1. The zero-order valence-electron chi connectivity index (χ0n) is 18.3. The second kappa shape index (κ2) is 11.3. The van der Waals surface area contributed by atoms with E-state index in [1.54, 1.807) is 49.6 Å². The molecule has 35 heavy (non-hydrogen) atoms. The normalized spacial score (nSPS) is 14.4. The predicted molar refractivity (Wildman–Crippen MR) is 145 cm³/mol. The molecule has 0 spiro atoms. The molecule has 178 valence electrons. The van der Waals surface area contributed by atoms with Crippen LogP contribution in [0.5, 0.6) is 11.5 Å². The van der Waals surface area contributed by atoms with Crippen LogP contribution in [0.3, 0.4) is 0 Å². The summed E-state index contributed by atoms with van der Waals surface area (Å²) in [4.78, 5) is 25.8. The minimum Gasteiger partial charge on any atom is -0.493 e. The number of carbonyl (C=O) groups excluding carboxylic acids is 2. The van der Waals surface area contributed by atoms with E-state index in [2.05, 4.69) is 21.4 Å². The third-order valence-electron chi connectivity index (χ3n) is 4.88. The summed E-state index contributed by atoms with van der Waals surface area (Å²) in [6, 6.07) is 19.5. The van der Waals surface area contributed by atoms with Gasteiger partial charge in [0.1, 0.15) is 6.61 Å². The number of hydrogen-bond donors (Lipinski definition) is 1. The van der Waals surface area contributed by atoms with Crippen LogP contribution in [0.25, 0.3) is 6.08 Å². The maximum Gasteiger partial charge on any atom is 0.285 e. The quantitative estimate of drug-likeness (QED) is 0.260. The Morgan fingerprint density at radius 3 is 2.63 bits per heavy atom. The van der Waals surface area contributed by atoms with Crippen molar-refractivity contribution in [1.82, 2.24) is 10.4 Å². The molecule has 4 rings (SSSR count). The zero-order valence-corrected chi connectivity index (χ0v) is 22.3. The Bertz CT molecular complexity index is 1330. The van der Waals surface area contributed by atoms with Gasteiger partial charge in [-0.3, -0.25) is 15.0 Å². The minimum atomic E-state index is -0.465. The second-order valence-corrected chi connectivity index (χ2v) is 10.3. The minimum absolute atomic E-state index is 0.226. The summed E-state index contributed by atoms with van der Waals surface area (Å²) in [6.45, 7) is 0.376. The van der Waals surface area contributed by atoms with Crippen LogP contribution in [0, 0.1) is 0 Å². The highest BCUT2D eigenvalue weighted by Gasteiger charge is 2.33. The second-order valence-electron chi connectivity index (χ2n) is 7.29. The highest BCUT2D eigenvalue weighted by molar-refractivity contribution is 9.10. The Kier molecular flexibility index (Phi) is 8.12. The summed E-state index contributed by atoms with van der Waals surface area (Å²) < 4.78 is 12.6. The van der Waals surface area contributed by atoms with Crippen LogP contribution in [-0.4, -0.2) is 28.3 Å². The summed E-state index contributed by atoms with van der Waals surface area (Å²) >= 11 is 15.7. The van der Waals surface area contributed by atoms with Crippen LogP contribution in [0.2, 0.25) is 5.02 Å². The lowest BCUT2D eigenvalue weighted by Gasteiger charge is -2.15. The molecular formula is C25H18BrClN2O4S2. The van der Waals surface area contributed by atoms with Gasteiger partial charge >= 0.3 is 0 Å². The van der Waals surface area contributed by atoms with Crippen LogP contribution in [0.1, 0.15) is 21.5 Å². The molecule has 1 aliphatic heterocycles. The molecule has 1 fully saturated rings. The lowest BCUT2D eigenvalue weighted by Crippen LogP contribution is -2.44. The molecule has 0 radical (unpaired) electrons. The van der Waals surface area contributed by atoms with E-state index in [1.807, 2.05) is 30.3 Å². The van der Waals surface area contributed by atoms with Gasteiger partial charge in [0.15, 0.2) is 15.8 Å². The van der Waals surface area contributed by atoms with E-state index < -0.39 is 11.8 Å². The maximum absolute atomic E-state index is 12.9. The van der Waals surface area contributed by atoms with E-state index >= 15 is 0 Å². The number of ether oxygens (including phenoxy) is 2. The number of hydrazine groups is 1. The van der Waals surface area contributed by atoms with E-state index in [0.29, 0.717) is 33.6 Å². The van der Waals surface area contributed by atoms with Crippen molar-refractivity contribution >= 4 is 73.7 Å². The Hall–Kier alpha value is -2.85. The van der Waals surface area contributed by atoms with Gasteiger partial charge in [-0.1, -0.05) is 57.5 Å². The van der Waals surface area contributed by atoms with Crippen molar-refractivity contribution in [2.24, 2.45) is 0 Å². The molecule has 6 nitrogen and oxygen atoms in total. The molecule has 0 aromatic heterocycles. The van der Waals surface area contributed by atoms with Gasteiger partial charge in [0.25, 0.3) is 11.8 Å². The fraction of sp³-hybridized carbons (Fsp3) is 0.0800. The number of carbonyl (C=O) groups is 2. The predicted octanol–water partition coefficient (Wildman–Crippen LogP) is 6.24. The lowest BCUT2D eigenvalue weighted by atomic mass is 10.2. The van der Waals surface area contributed by atoms with Gasteiger partial charge in [-0.15, -0.1) is 0 Å². The molecular weight excluding hydrogens is 572 g/mol. The summed E-state index contributed by atoms with van der Waals surface area (Å²) in [6.07, 6.45) is 1.69.